The van der Waals surface area contributed by atoms with Crippen molar-refractivity contribution < 1.29 is 45.3 Å². The Balaban J connectivity index is 1.47. The van der Waals surface area contributed by atoms with Crippen molar-refractivity contribution in [3.05, 3.63) is 48.5 Å². The van der Waals surface area contributed by atoms with Crippen molar-refractivity contribution in [3.63, 3.8) is 0 Å². The Morgan fingerprint density at radius 3 is 2.00 bits per heavy atom. The number of halogens is 6. The van der Waals surface area contributed by atoms with Crippen molar-refractivity contribution >= 4 is 24.5 Å². The zero-order valence-electron chi connectivity index (χ0n) is 17.4. The average molecular weight is 510 g/mol. The van der Waals surface area contributed by atoms with E-state index < -0.39 is 24.5 Å². The zero-order valence-corrected chi connectivity index (χ0v) is 18.3. The monoisotopic (exact) mass is 510 g/mol. The Bertz CT molecular complexity index is 963. The van der Waals surface area contributed by atoms with Crippen molar-refractivity contribution in [2.24, 2.45) is 0 Å². The summed E-state index contributed by atoms with van der Waals surface area (Å²) in [5.41, 5.74) is 0.112. The predicted molar refractivity (Wildman–Crippen MR) is 113 cm³/mol. The predicted octanol–water partition coefficient (Wildman–Crippen LogP) is 6.55. The first-order valence-electron chi connectivity index (χ1n) is 10.1. The molecular formula is C21H20F6N2O4S. The quantitative estimate of drug-likeness (QED) is 0.342. The molecule has 34 heavy (non-hydrogen) atoms. The number of anilines is 1. The van der Waals surface area contributed by atoms with Gasteiger partial charge in [-0.3, -0.25) is 4.31 Å². The van der Waals surface area contributed by atoms with E-state index in [2.05, 4.69) is 27.6 Å². The number of benzene rings is 2. The second kappa shape index (κ2) is 10.5. The molecule has 13 heteroatoms. The molecular weight excluding hydrogens is 490 g/mol. The molecule has 1 N–H and O–H groups in total. The van der Waals surface area contributed by atoms with Gasteiger partial charge in [-0.05, 0) is 62.1 Å². The highest BCUT2D eigenvalue weighted by molar-refractivity contribution is 7.78. The number of carbonyl (C=O) groups is 1. The first-order valence-corrected chi connectivity index (χ1v) is 10.5. The van der Waals surface area contributed by atoms with Gasteiger partial charge in [0.25, 0.3) is 0 Å². The molecule has 2 aromatic rings. The summed E-state index contributed by atoms with van der Waals surface area (Å²) >= 11 is 4.23. The van der Waals surface area contributed by atoms with Gasteiger partial charge < -0.3 is 19.5 Å². The van der Waals surface area contributed by atoms with E-state index in [1.165, 1.54) is 28.6 Å². The van der Waals surface area contributed by atoms with E-state index in [0.29, 0.717) is 31.4 Å². The third kappa shape index (κ3) is 8.12. The van der Waals surface area contributed by atoms with Crippen LogP contribution in [0.2, 0.25) is 0 Å². The van der Waals surface area contributed by atoms with Gasteiger partial charge >= 0.3 is 18.8 Å². The molecule has 0 aromatic heterocycles. The lowest BCUT2D eigenvalue weighted by molar-refractivity contribution is -0.275. The van der Waals surface area contributed by atoms with Gasteiger partial charge in [0.2, 0.25) is 0 Å². The molecule has 0 bridgehead atoms. The van der Waals surface area contributed by atoms with Crippen molar-refractivity contribution in [1.82, 2.24) is 4.31 Å². The minimum Gasteiger partial charge on any atom is -0.490 e. The second-order valence-corrected chi connectivity index (χ2v) is 7.85. The van der Waals surface area contributed by atoms with Gasteiger partial charge in [0.05, 0.1) is 6.10 Å². The summed E-state index contributed by atoms with van der Waals surface area (Å²) in [7, 11) is 0. The summed E-state index contributed by atoms with van der Waals surface area (Å²) in [4.78, 5) is 12.5. The molecule has 2 aromatic carbocycles. The lowest BCUT2D eigenvalue weighted by Gasteiger charge is -2.33. The second-order valence-electron chi connectivity index (χ2n) is 7.42. The maximum atomic E-state index is 12.5. The van der Waals surface area contributed by atoms with Gasteiger partial charge in [0, 0.05) is 17.8 Å². The maximum absolute atomic E-state index is 12.5. The SMILES string of the molecule is O=C(Nc1cccc(OC(F)(F)F)c1)N(S)C1CCC(Oc2ccc(OC(F)(F)F)cc2)CC1. The standard InChI is InChI=1S/C21H20F6N2O4S/c22-20(23,24)32-17-10-8-16(9-11-17)31-15-6-4-14(5-7-15)29(34)19(30)28-13-2-1-3-18(12-13)33-21(25,26)27/h1-3,8-12,14-15,34H,4-7H2,(H,28,30). The van der Waals surface area contributed by atoms with Crippen LogP contribution < -0.4 is 19.5 Å². The fourth-order valence-corrected chi connectivity index (χ4v) is 3.72. The van der Waals surface area contributed by atoms with E-state index in [1.807, 2.05) is 0 Å². The van der Waals surface area contributed by atoms with Crippen LogP contribution in [0.15, 0.2) is 48.5 Å². The van der Waals surface area contributed by atoms with Crippen molar-refractivity contribution in [2.45, 2.75) is 50.6 Å². The van der Waals surface area contributed by atoms with E-state index in [0.717, 1.165) is 24.3 Å². The third-order valence-electron chi connectivity index (χ3n) is 4.88. The minimum atomic E-state index is -4.85. The topological polar surface area (TPSA) is 60.0 Å². The Labute approximate surface area is 196 Å². The number of carbonyl (C=O) groups excluding carboxylic acids is 1. The summed E-state index contributed by atoms with van der Waals surface area (Å²) in [5, 5.41) is 2.48. The van der Waals surface area contributed by atoms with Gasteiger partial charge in [-0.15, -0.1) is 26.3 Å². The highest BCUT2D eigenvalue weighted by Gasteiger charge is 2.32. The number of amides is 2. The lowest BCUT2D eigenvalue weighted by atomic mass is 9.93. The molecule has 0 heterocycles. The minimum absolute atomic E-state index is 0.112. The van der Waals surface area contributed by atoms with Crippen LogP contribution in [0.4, 0.5) is 36.8 Å². The number of urea groups is 1. The Morgan fingerprint density at radius 2 is 1.41 bits per heavy atom. The van der Waals surface area contributed by atoms with Gasteiger partial charge in [0.1, 0.15) is 17.2 Å². The molecule has 2 amide bonds. The summed E-state index contributed by atoms with van der Waals surface area (Å²) in [6.07, 6.45) is -7.63. The van der Waals surface area contributed by atoms with Crippen LogP contribution in [0, 0.1) is 0 Å². The largest absolute Gasteiger partial charge is 0.573 e. The Morgan fingerprint density at radius 1 is 0.853 bits per heavy atom. The van der Waals surface area contributed by atoms with Crippen molar-refractivity contribution in [1.29, 1.82) is 0 Å². The molecule has 1 saturated carbocycles. The van der Waals surface area contributed by atoms with Gasteiger partial charge in [-0.25, -0.2) is 4.79 Å². The first kappa shape index (κ1) is 25.7. The maximum Gasteiger partial charge on any atom is 0.573 e. The number of hydrogen-bond acceptors (Lipinski definition) is 5. The lowest BCUT2D eigenvalue weighted by Crippen LogP contribution is -2.40. The molecule has 0 saturated heterocycles. The number of alkyl halides is 6. The van der Waals surface area contributed by atoms with Crippen LogP contribution in [0.5, 0.6) is 17.2 Å². The fraction of sp³-hybridized carbons (Fsp3) is 0.381. The normalized spacial score (nSPS) is 18.7. The summed E-state index contributed by atoms with van der Waals surface area (Å²) < 4.78 is 88.4. The molecule has 0 radical (unpaired) electrons. The Kier molecular flexibility index (Phi) is 7.95. The highest BCUT2D eigenvalue weighted by Crippen LogP contribution is 2.30. The number of nitrogens with zero attached hydrogens (tertiary/aromatic N) is 1. The molecule has 1 fully saturated rings. The molecule has 0 spiro atoms. The van der Waals surface area contributed by atoms with E-state index in [9.17, 15) is 31.1 Å². The summed E-state index contributed by atoms with van der Waals surface area (Å²) in [6, 6.07) is 9.08. The molecule has 0 aliphatic heterocycles. The summed E-state index contributed by atoms with van der Waals surface area (Å²) in [5.74, 6) is -0.429. The first-order chi connectivity index (χ1) is 15.9. The van der Waals surface area contributed by atoms with E-state index in [-0.39, 0.29) is 23.6 Å². The van der Waals surface area contributed by atoms with Crippen LogP contribution in [0.1, 0.15) is 25.7 Å². The molecule has 6 nitrogen and oxygen atoms in total. The number of hydrogen-bond donors (Lipinski definition) is 2. The fourth-order valence-electron chi connectivity index (χ4n) is 3.44. The summed E-state index contributed by atoms with van der Waals surface area (Å²) in [6.45, 7) is 0. The highest BCUT2D eigenvalue weighted by atomic mass is 32.1. The van der Waals surface area contributed by atoms with Crippen LogP contribution in [-0.2, 0) is 0 Å². The molecule has 186 valence electrons. The van der Waals surface area contributed by atoms with E-state index in [1.54, 1.807) is 0 Å². The van der Waals surface area contributed by atoms with Crippen LogP contribution in [0.25, 0.3) is 0 Å². The molecule has 1 aliphatic rings. The van der Waals surface area contributed by atoms with E-state index >= 15 is 0 Å². The number of ether oxygens (including phenoxy) is 3. The van der Waals surface area contributed by atoms with E-state index in [4.69, 9.17) is 4.74 Å². The molecule has 0 atom stereocenters. The molecule has 0 unspecified atom stereocenters. The Hall–Kier alpha value is -2.96. The van der Waals surface area contributed by atoms with Crippen LogP contribution in [-0.4, -0.2) is 35.2 Å². The van der Waals surface area contributed by atoms with Gasteiger partial charge in [-0.1, -0.05) is 18.9 Å². The number of nitrogens with one attached hydrogen (secondary N) is 1. The van der Waals surface area contributed by atoms with Crippen LogP contribution in [0.3, 0.4) is 0 Å². The van der Waals surface area contributed by atoms with Gasteiger partial charge in [0.15, 0.2) is 0 Å². The number of rotatable bonds is 6. The smallest absolute Gasteiger partial charge is 0.490 e. The average Bonchev–Trinajstić information content (AvgIpc) is 2.73. The molecule has 3 rings (SSSR count). The van der Waals surface area contributed by atoms with Crippen LogP contribution >= 0.6 is 12.8 Å². The zero-order chi connectivity index (χ0) is 24.9. The number of thiol groups is 1. The third-order valence-corrected chi connectivity index (χ3v) is 5.38. The van der Waals surface area contributed by atoms with Crippen molar-refractivity contribution in [3.8, 4) is 17.2 Å². The van der Waals surface area contributed by atoms with Crippen molar-refractivity contribution in [2.75, 3.05) is 5.32 Å². The van der Waals surface area contributed by atoms with Gasteiger partial charge in [-0.2, -0.15) is 0 Å². The molecule has 1 aliphatic carbocycles.